The van der Waals surface area contributed by atoms with Crippen molar-refractivity contribution >= 4 is 22.7 Å². The number of aryl methyl sites for hydroxylation is 1. The lowest BCUT2D eigenvalue weighted by atomic mass is 10.2. The van der Waals surface area contributed by atoms with Crippen molar-refractivity contribution in [3.8, 4) is 0 Å². The van der Waals surface area contributed by atoms with E-state index in [0.717, 1.165) is 18.1 Å². The Kier molecular flexibility index (Phi) is 4.20. The first-order valence-corrected chi connectivity index (χ1v) is 8.17. The van der Waals surface area contributed by atoms with Crippen molar-refractivity contribution in [3.05, 3.63) is 68.6 Å². The quantitative estimate of drug-likeness (QED) is 0.779. The minimum atomic E-state index is 0.241. The molecule has 0 saturated heterocycles. The molecule has 20 heavy (non-hydrogen) atoms. The van der Waals surface area contributed by atoms with E-state index in [4.69, 9.17) is 0 Å². The van der Waals surface area contributed by atoms with E-state index in [1.165, 1.54) is 9.75 Å². The van der Waals surface area contributed by atoms with Gasteiger partial charge in [-0.15, -0.1) is 22.7 Å². The molecule has 3 rings (SSSR count). The van der Waals surface area contributed by atoms with Crippen molar-refractivity contribution < 1.29 is 0 Å². The maximum absolute atomic E-state index is 4.44. The van der Waals surface area contributed by atoms with Crippen LogP contribution in [0.2, 0.25) is 0 Å². The van der Waals surface area contributed by atoms with E-state index in [1.807, 2.05) is 19.2 Å². The Labute approximate surface area is 126 Å². The van der Waals surface area contributed by atoms with Gasteiger partial charge < -0.3 is 0 Å². The molecule has 3 aromatic heterocycles. The van der Waals surface area contributed by atoms with Crippen LogP contribution in [0.4, 0.5) is 0 Å². The van der Waals surface area contributed by atoms with Crippen molar-refractivity contribution in [2.24, 2.45) is 0 Å². The standard InChI is InChI=1S/C15H15N3S2/c1-11-16-7-6-12(18-11)10-17-15(13-4-2-8-19-13)14-5-3-9-20-14/h2-9,15,17H,10H2,1H3. The smallest absolute Gasteiger partial charge is 0.125 e. The summed E-state index contributed by atoms with van der Waals surface area (Å²) in [6, 6.07) is 10.7. The molecule has 0 amide bonds. The van der Waals surface area contributed by atoms with Crippen LogP contribution in [-0.2, 0) is 6.54 Å². The zero-order valence-electron chi connectivity index (χ0n) is 11.1. The van der Waals surface area contributed by atoms with E-state index >= 15 is 0 Å². The van der Waals surface area contributed by atoms with Gasteiger partial charge in [0.15, 0.2) is 0 Å². The zero-order chi connectivity index (χ0) is 13.8. The molecule has 1 N–H and O–H groups in total. The first kappa shape index (κ1) is 13.4. The maximum atomic E-state index is 4.44. The summed E-state index contributed by atoms with van der Waals surface area (Å²) in [5, 5.41) is 7.83. The second-order valence-corrected chi connectivity index (χ2v) is 6.40. The van der Waals surface area contributed by atoms with E-state index in [9.17, 15) is 0 Å². The second-order valence-electron chi connectivity index (χ2n) is 4.44. The Hall–Kier alpha value is -1.56. The van der Waals surface area contributed by atoms with Crippen molar-refractivity contribution in [1.82, 2.24) is 15.3 Å². The average Bonchev–Trinajstić information content (AvgIpc) is 3.12. The number of nitrogens with one attached hydrogen (secondary N) is 1. The highest BCUT2D eigenvalue weighted by molar-refractivity contribution is 7.11. The minimum absolute atomic E-state index is 0.241. The molecule has 0 atom stereocenters. The topological polar surface area (TPSA) is 37.8 Å². The van der Waals surface area contributed by atoms with Crippen LogP contribution < -0.4 is 5.32 Å². The number of hydrogen-bond donors (Lipinski definition) is 1. The van der Waals surface area contributed by atoms with Gasteiger partial charge in [-0.2, -0.15) is 0 Å². The van der Waals surface area contributed by atoms with Crippen LogP contribution in [0.15, 0.2) is 47.3 Å². The predicted octanol–water partition coefficient (Wildman–Crippen LogP) is 3.79. The lowest BCUT2D eigenvalue weighted by Crippen LogP contribution is -2.21. The molecule has 0 aliphatic carbocycles. The molecule has 0 spiro atoms. The third kappa shape index (κ3) is 3.12. The van der Waals surface area contributed by atoms with E-state index < -0.39 is 0 Å². The maximum Gasteiger partial charge on any atom is 0.125 e. The summed E-state index contributed by atoms with van der Waals surface area (Å²) in [6.45, 7) is 2.66. The van der Waals surface area contributed by atoms with Crippen LogP contribution in [0.25, 0.3) is 0 Å². The number of thiophene rings is 2. The summed E-state index contributed by atoms with van der Waals surface area (Å²) in [5.74, 6) is 0.813. The van der Waals surface area contributed by atoms with Gasteiger partial charge in [0.05, 0.1) is 11.7 Å². The molecule has 0 fully saturated rings. The van der Waals surface area contributed by atoms with Crippen molar-refractivity contribution in [3.63, 3.8) is 0 Å². The van der Waals surface area contributed by atoms with Gasteiger partial charge in [0.2, 0.25) is 0 Å². The molecule has 0 unspecified atom stereocenters. The van der Waals surface area contributed by atoms with Gasteiger partial charge in [-0.3, -0.25) is 5.32 Å². The summed E-state index contributed by atoms with van der Waals surface area (Å²) in [7, 11) is 0. The van der Waals surface area contributed by atoms with E-state index in [0.29, 0.717) is 0 Å². The minimum Gasteiger partial charge on any atom is -0.299 e. The second kappa shape index (κ2) is 6.26. The Bertz CT molecular complexity index is 613. The van der Waals surface area contributed by atoms with E-state index in [2.05, 4.69) is 50.3 Å². The van der Waals surface area contributed by atoms with Crippen molar-refractivity contribution in [1.29, 1.82) is 0 Å². The SMILES string of the molecule is Cc1nccc(CNC(c2cccs2)c2cccs2)n1. The molecular formula is C15H15N3S2. The van der Waals surface area contributed by atoms with Gasteiger partial charge in [0, 0.05) is 22.5 Å². The van der Waals surface area contributed by atoms with Crippen LogP contribution in [-0.4, -0.2) is 9.97 Å². The Morgan fingerprint density at radius 1 is 1.10 bits per heavy atom. The lowest BCUT2D eigenvalue weighted by Gasteiger charge is -2.16. The summed E-state index contributed by atoms with van der Waals surface area (Å²) in [6.07, 6.45) is 1.81. The predicted molar refractivity (Wildman–Crippen MR) is 84.1 cm³/mol. The molecule has 0 aliphatic heterocycles. The largest absolute Gasteiger partial charge is 0.299 e. The van der Waals surface area contributed by atoms with Crippen LogP contribution in [0, 0.1) is 6.92 Å². The number of aromatic nitrogens is 2. The molecule has 0 bridgehead atoms. The van der Waals surface area contributed by atoms with Crippen LogP contribution >= 0.6 is 22.7 Å². The number of hydrogen-bond acceptors (Lipinski definition) is 5. The first-order valence-electron chi connectivity index (χ1n) is 6.41. The molecule has 102 valence electrons. The van der Waals surface area contributed by atoms with Crippen LogP contribution in [0.3, 0.4) is 0 Å². The van der Waals surface area contributed by atoms with Gasteiger partial charge in [0.1, 0.15) is 5.82 Å². The molecule has 0 aromatic carbocycles. The lowest BCUT2D eigenvalue weighted by molar-refractivity contribution is 0.610. The fraction of sp³-hybridized carbons (Fsp3) is 0.200. The third-order valence-electron chi connectivity index (χ3n) is 2.98. The summed E-state index contributed by atoms with van der Waals surface area (Å²) in [4.78, 5) is 11.2. The highest BCUT2D eigenvalue weighted by Crippen LogP contribution is 2.29. The number of rotatable bonds is 5. The third-order valence-corrected chi connectivity index (χ3v) is 4.85. The fourth-order valence-electron chi connectivity index (χ4n) is 2.06. The normalized spacial score (nSPS) is 11.1. The summed E-state index contributed by atoms with van der Waals surface area (Å²) < 4.78 is 0. The molecule has 0 saturated carbocycles. The average molecular weight is 301 g/mol. The molecular weight excluding hydrogens is 286 g/mol. The van der Waals surface area contributed by atoms with Crippen molar-refractivity contribution in [2.75, 3.05) is 0 Å². The summed E-state index contributed by atoms with van der Waals surface area (Å²) >= 11 is 3.56. The van der Waals surface area contributed by atoms with Crippen molar-refractivity contribution in [2.45, 2.75) is 19.5 Å². The highest BCUT2D eigenvalue weighted by atomic mass is 32.1. The Morgan fingerprint density at radius 2 is 1.80 bits per heavy atom. The van der Waals surface area contributed by atoms with Gasteiger partial charge in [-0.1, -0.05) is 12.1 Å². The van der Waals surface area contributed by atoms with Crippen LogP contribution in [0.5, 0.6) is 0 Å². The zero-order valence-corrected chi connectivity index (χ0v) is 12.7. The van der Waals surface area contributed by atoms with Crippen LogP contribution in [0.1, 0.15) is 27.3 Å². The first-order chi connectivity index (χ1) is 9.83. The Morgan fingerprint density at radius 3 is 2.35 bits per heavy atom. The van der Waals surface area contributed by atoms with Gasteiger partial charge in [-0.25, -0.2) is 9.97 Å². The number of nitrogens with zero attached hydrogens (tertiary/aromatic N) is 2. The monoisotopic (exact) mass is 301 g/mol. The molecule has 0 aliphatic rings. The molecule has 3 heterocycles. The highest BCUT2D eigenvalue weighted by Gasteiger charge is 2.15. The van der Waals surface area contributed by atoms with E-state index in [-0.39, 0.29) is 6.04 Å². The molecule has 3 nitrogen and oxygen atoms in total. The Balaban J connectivity index is 1.78. The molecule has 3 aromatic rings. The van der Waals surface area contributed by atoms with Gasteiger partial charge in [0.25, 0.3) is 0 Å². The molecule has 5 heteroatoms. The fourth-order valence-corrected chi connectivity index (χ4v) is 3.77. The van der Waals surface area contributed by atoms with Gasteiger partial charge >= 0.3 is 0 Å². The van der Waals surface area contributed by atoms with E-state index in [1.54, 1.807) is 22.7 Å². The van der Waals surface area contributed by atoms with Gasteiger partial charge in [-0.05, 0) is 35.9 Å². The molecule has 0 radical (unpaired) electrons. The summed E-state index contributed by atoms with van der Waals surface area (Å²) in [5.41, 5.74) is 1.02.